The van der Waals surface area contributed by atoms with E-state index in [9.17, 15) is 14.0 Å². The molecule has 0 aliphatic carbocycles. The van der Waals surface area contributed by atoms with Gasteiger partial charge >= 0.3 is 0 Å². The molecule has 4 rings (SSSR count). The van der Waals surface area contributed by atoms with Crippen LogP contribution in [-0.4, -0.2) is 30.1 Å². The maximum atomic E-state index is 13.9. The lowest BCUT2D eigenvalue weighted by Crippen LogP contribution is -2.56. The zero-order chi connectivity index (χ0) is 28.5. The van der Waals surface area contributed by atoms with E-state index in [0.29, 0.717) is 12.0 Å². The highest BCUT2D eigenvalue weighted by atomic mass is 31.1. The molecule has 0 saturated carbocycles. The number of hydrogen-bond acceptors (Lipinski definition) is 2. The smallest absolute Gasteiger partial charge is 0.251 e. The van der Waals surface area contributed by atoms with Crippen molar-refractivity contribution in [2.75, 3.05) is 6.16 Å². The topological polar surface area (TPSA) is 58.2 Å². The van der Waals surface area contributed by atoms with Crippen molar-refractivity contribution in [3.05, 3.63) is 132 Å². The Morgan fingerprint density at radius 3 is 1.73 bits per heavy atom. The summed E-state index contributed by atoms with van der Waals surface area (Å²) in [4.78, 5) is 26.9. The number of rotatable bonds is 10. The lowest BCUT2D eigenvalue weighted by molar-refractivity contribution is -0.125. The van der Waals surface area contributed by atoms with Gasteiger partial charge in [0.15, 0.2) is 0 Å². The molecule has 0 unspecified atom stereocenters. The van der Waals surface area contributed by atoms with Gasteiger partial charge in [-0.05, 0) is 66.4 Å². The van der Waals surface area contributed by atoms with E-state index in [1.165, 1.54) is 34.9 Å². The van der Waals surface area contributed by atoms with Crippen LogP contribution in [0.4, 0.5) is 4.39 Å². The first-order valence-electron chi connectivity index (χ1n) is 13.5. The van der Waals surface area contributed by atoms with Crippen molar-refractivity contribution in [2.45, 2.75) is 39.3 Å². The zero-order valence-corrected chi connectivity index (χ0v) is 24.1. The highest BCUT2D eigenvalue weighted by Crippen LogP contribution is 2.35. The Morgan fingerprint density at radius 2 is 1.23 bits per heavy atom. The second-order valence-corrected chi connectivity index (χ2v) is 13.2. The number of hydrogen-bond donors (Lipinski definition) is 2. The highest BCUT2D eigenvalue weighted by Gasteiger charge is 2.34. The number of nitrogens with one attached hydrogen (secondary N) is 2. The molecule has 2 amide bonds. The first-order chi connectivity index (χ1) is 19.2. The number of amides is 2. The number of benzene rings is 4. The molecule has 2 N–H and O–H groups in total. The first-order valence-corrected chi connectivity index (χ1v) is 15.0. The lowest BCUT2D eigenvalue weighted by Gasteiger charge is -2.33. The van der Waals surface area contributed by atoms with E-state index in [-0.39, 0.29) is 11.9 Å². The SMILES string of the molecule is CC(C)(C)[C@H](NC(=O)c1ccc(F)cc1)C(=O)N[C@@H](Cc1ccccc1)CP(c1ccccc1)c1ccccc1. The monoisotopic (exact) mass is 554 g/mol. The Balaban J connectivity index is 1.61. The Bertz CT molecular complexity index is 1340. The summed E-state index contributed by atoms with van der Waals surface area (Å²) in [5.74, 6) is -1.07. The first kappa shape index (κ1) is 29.2. The summed E-state index contributed by atoms with van der Waals surface area (Å²) in [7, 11) is -0.758. The van der Waals surface area contributed by atoms with Crippen LogP contribution in [0.3, 0.4) is 0 Å². The minimum atomic E-state index is -0.789. The van der Waals surface area contributed by atoms with Crippen LogP contribution in [0.2, 0.25) is 0 Å². The van der Waals surface area contributed by atoms with Crippen LogP contribution in [0.15, 0.2) is 115 Å². The van der Waals surface area contributed by atoms with E-state index in [0.717, 1.165) is 11.7 Å². The summed E-state index contributed by atoms with van der Waals surface area (Å²) in [6, 6.07) is 35.4. The lowest BCUT2D eigenvalue weighted by atomic mass is 9.85. The van der Waals surface area contributed by atoms with E-state index in [2.05, 4.69) is 71.3 Å². The molecule has 2 atom stereocenters. The van der Waals surface area contributed by atoms with Crippen molar-refractivity contribution in [3.63, 3.8) is 0 Å². The molecule has 0 aliphatic heterocycles. The van der Waals surface area contributed by atoms with Crippen molar-refractivity contribution in [1.29, 1.82) is 0 Å². The molecule has 206 valence electrons. The molecule has 4 nitrogen and oxygen atoms in total. The molecule has 0 saturated heterocycles. The fourth-order valence-corrected chi connectivity index (χ4v) is 7.08. The van der Waals surface area contributed by atoms with E-state index in [4.69, 9.17) is 0 Å². The van der Waals surface area contributed by atoms with Gasteiger partial charge in [-0.15, -0.1) is 0 Å². The van der Waals surface area contributed by atoms with Gasteiger partial charge < -0.3 is 10.6 Å². The maximum absolute atomic E-state index is 13.9. The van der Waals surface area contributed by atoms with Crippen molar-refractivity contribution >= 4 is 30.3 Å². The summed E-state index contributed by atoms with van der Waals surface area (Å²) in [5, 5.41) is 8.71. The predicted molar refractivity (Wildman–Crippen MR) is 163 cm³/mol. The zero-order valence-electron chi connectivity index (χ0n) is 23.2. The van der Waals surface area contributed by atoms with Gasteiger partial charge in [0, 0.05) is 11.6 Å². The molecule has 40 heavy (non-hydrogen) atoms. The molecule has 4 aromatic rings. The third kappa shape index (κ3) is 8.09. The average molecular weight is 555 g/mol. The molecule has 0 bridgehead atoms. The summed E-state index contributed by atoms with van der Waals surface area (Å²) >= 11 is 0. The van der Waals surface area contributed by atoms with Crippen molar-refractivity contribution < 1.29 is 14.0 Å². The third-order valence-corrected chi connectivity index (χ3v) is 9.37. The highest BCUT2D eigenvalue weighted by molar-refractivity contribution is 7.73. The molecule has 4 aromatic carbocycles. The summed E-state index contributed by atoms with van der Waals surface area (Å²) < 4.78 is 13.4. The summed E-state index contributed by atoms with van der Waals surface area (Å²) in [6.45, 7) is 5.78. The second-order valence-electron chi connectivity index (χ2n) is 11.0. The molecular formula is C34H36FN2O2P. The molecule has 0 aliphatic rings. The van der Waals surface area contributed by atoms with Crippen LogP contribution < -0.4 is 21.2 Å². The number of halogens is 1. The second kappa shape index (κ2) is 13.5. The maximum Gasteiger partial charge on any atom is 0.251 e. The normalized spacial score (nSPS) is 12.9. The third-order valence-electron chi connectivity index (χ3n) is 6.72. The molecule has 0 aromatic heterocycles. The number of carbonyl (C=O) groups is 2. The molecule has 0 spiro atoms. The minimum Gasteiger partial charge on any atom is -0.351 e. The van der Waals surface area contributed by atoms with Gasteiger partial charge in [-0.3, -0.25) is 9.59 Å². The van der Waals surface area contributed by atoms with E-state index in [1.807, 2.05) is 51.1 Å². The van der Waals surface area contributed by atoms with Gasteiger partial charge in [-0.25, -0.2) is 4.39 Å². The van der Waals surface area contributed by atoms with E-state index in [1.54, 1.807) is 0 Å². The van der Waals surface area contributed by atoms with Crippen LogP contribution in [0, 0.1) is 11.2 Å². The van der Waals surface area contributed by atoms with Crippen LogP contribution in [-0.2, 0) is 11.2 Å². The van der Waals surface area contributed by atoms with E-state index >= 15 is 0 Å². The van der Waals surface area contributed by atoms with Crippen LogP contribution >= 0.6 is 7.92 Å². The van der Waals surface area contributed by atoms with Gasteiger partial charge in [0.2, 0.25) is 5.91 Å². The van der Waals surface area contributed by atoms with Gasteiger partial charge in [0.05, 0.1) is 0 Å². The van der Waals surface area contributed by atoms with Crippen LogP contribution in [0.25, 0.3) is 0 Å². The van der Waals surface area contributed by atoms with Crippen molar-refractivity contribution in [1.82, 2.24) is 10.6 Å². The quantitative estimate of drug-likeness (QED) is 0.243. The molecule has 0 radical (unpaired) electrons. The predicted octanol–water partition coefficient (Wildman–Crippen LogP) is 5.83. The van der Waals surface area contributed by atoms with Crippen molar-refractivity contribution in [3.8, 4) is 0 Å². The molecular weight excluding hydrogens is 518 g/mol. The van der Waals surface area contributed by atoms with Crippen LogP contribution in [0.1, 0.15) is 36.7 Å². The fraction of sp³-hybridized carbons (Fsp3) is 0.235. The molecule has 0 heterocycles. The Hall–Kier alpha value is -3.82. The Labute approximate surface area is 237 Å². The molecule has 6 heteroatoms. The largest absolute Gasteiger partial charge is 0.351 e. The average Bonchev–Trinajstić information content (AvgIpc) is 2.95. The van der Waals surface area contributed by atoms with Gasteiger partial charge in [0.1, 0.15) is 11.9 Å². The Kier molecular flexibility index (Phi) is 9.84. The Morgan fingerprint density at radius 1 is 0.725 bits per heavy atom. The van der Waals surface area contributed by atoms with Gasteiger partial charge in [-0.1, -0.05) is 112 Å². The van der Waals surface area contributed by atoms with Crippen molar-refractivity contribution in [2.24, 2.45) is 5.41 Å². The van der Waals surface area contributed by atoms with Crippen LogP contribution in [0.5, 0.6) is 0 Å². The van der Waals surface area contributed by atoms with Gasteiger partial charge in [-0.2, -0.15) is 0 Å². The minimum absolute atomic E-state index is 0.172. The van der Waals surface area contributed by atoms with Gasteiger partial charge in [0.25, 0.3) is 5.91 Å². The van der Waals surface area contributed by atoms with E-state index < -0.39 is 31.1 Å². The summed E-state index contributed by atoms with van der Waals surface area (Å²) in [5.41, 5.74) is 0.883. The standard InChI is InChI=1S/C34H36FN2O2P/c1-34(2,3)31(37-32(38)26-19-21-27(35)22-20-26)33(39)36-28(23-25-13-7-4-8-14-25)24-40(29-15-9-5-10-16-29)30-17-11-6-12-18-30/h4-22,28,31H,23-24H2,1-3H3,(H,36,39)(H,37,38)/t28-,31+/m0/s1. The fourth-order valence-electron chi connectivity index (χ4n) is 4.63. The summed E-state index contributed by atoms with van der Waals surface area (Å²) in [6.07, 6.45) is 1.40. The molecule has 0 fully saturated rings. The number of carbonyl (C=O) groups excluding carboxylic acids is 2.